The van der Waals surface area contributed by atoms with E-state index in [2.05, 4.69) is 21.3 Å². The molecule has 1 saturated heterocycles. The molecular formula is C14H19ClN4O2. The molecule has 1 fully saturated rings. The second-order valence-corrected chi connectivity index (χ2v) is 5.92. The Morgan fingerprint density at radius 3 is 3.10 bits per heavy atom. The Labute approximate surface area is 128 Å². The highest BCUT2D eigenvalue weighted by atomic mass is 35.5. The lowest BCUT2D eigenvalue weighted by atomic mass is 10.1. The molecule has 0 aliphatic carbocycles. The summed E-state index contributed by atoms with van der Waals surface area (Å²) in [5.41, 5.74) is 1.72. The fourth-order valence-electron chi connectivity index (χ4n) is 2.61. The van der Waals surface area contributed by atoms with Crippen molar-refractivity contribution in [2.24, 2.45) is 0 Å². The smallest absolute Gasteiger partial charge is 0.321 e. The summed E-state index contributed by atoms with van der Waals surface area (Å²) >= 11 is 6.08. The van der Waals surface area contributed by atoms with Crippen LogP contribution in [0.15, 0.2) is 18.2 Å². The lowest BCUT2D eigenvalue weighted by Crippen LogP contribution is -2.63. The number of rotatable bonds is 2. The molecule has 3 atom stereocenters. The zero-order chi connectivity index (χ0) is 14.8. The molecule has 3 rings (SSSR count). The van der Waals surface area contributed by atoms with E-state index in [4.69, 9.17) is 16.3 Å². The van der Waals surface area contributed by atoms with E-state index in [1.54, 1.807) is 0 Å². The van der Waals surface area contributed by atoms with Crippen molar-refractivity contribution in [2.45, 2.75) is 37.6 Å². The normalized spacial score (nSPS) is 27.6. The monoisotopic (exact) mass is 310 g/mol. The van der Waals surface area contributed by atoms with Gasteiger partial charge in [0.2, 0.25) is 0 Å². The number of hydrogen-bond donors (Lipinski definition) is 4. The van der Waals surface area contributed by atoms with Gasteiger partial charge in [-0.05, 0) is 37.1 Å². The van der Waals surface area contributed by atoms with Gasteiger partial charge < -0.3 is 15.4 Å². The number of hydrogen-bond acceptors (Lipinski definition) is 4. The number of amides is 2. The number of anilines is 1. The molecular weight excluding hydrogens is 292 g/mol. The zero-order valence-electron chi connectivity index (χ0n) is 11.8. The second kappa shape index (κ2) is 6.09. The minimum Gasteiger partial charge on any atom is -0.493 e. The molecule has 0 spiro atoms. The number of carbonyl (C=O) groups excluding carboxylic acids is 1. The first kappa shape index (κ1) is 14.4. The maximum absolute atomic E-state index is 12.0. The molecule has 21 heavy (non-hydrogen) atoms. The van der Waals surface area contributed by atoms with E-state index in [0.717, 1.165) is 29.8 Å². The molecule has 2 aliphatic rings. The largest absolute Gasteiger partial charge is 0.493 e. The fraction of sp³-hybridized carbons (Fsp3) is 0.500. The maximum atomic E-state index is 12.0. The van der Waals surface area contributed by atoms with E-state index in [1.807, 2.05) is 25.1 Å². The summed E-state index contributed by atoms with van der Waals surface area (Å²) < 4.78 is 5.44. The predicted molar refractivity (Wildman–Crippen MR) is 81.6 cm³/mol. The van der Waals surface area contributed by atoms with Crippen molar-refractivity contribution in [1.29, 1.82) is 0 Å². The summed E-state index contributed by atoms with van der Waals surface area (Å²) in [6.07, 6.45) is 1.35. The summed E-state index contributed by atoms with van der Waals surface area (Å²) in [6, 6.07) is 5.62. The SMILES string of the molecule is CC1CC(Cl)NC(NC(=O)Nc2ccc3c(c2)CCO3)N1. The minimum absolute atomic E-state index is 0.149. The molecule has 0 radical (unpaired) electrons. The van der Waals surface area contributed by atoms with Crippen molar-refractivity contribution in [3.05, 3.63) is 23.8 Å². The topological polar surface area (TPSA) is 74.4 Å². The Bertz CT molecular complexity index is 530. The van der Waals surface area contributed by atoms with Gasteiger partial charge in [-0.3, -0.25) is 10.6 Å². The number of alkyl halides is 1. The molecule has 2 heterocycles. The molecule has 3 unspecified atom stereocenters. The van der Waals surface area contributed by atoms with Crippen molar-refractivity contribution in [2.75, 3.05) is 11.9 Å². The van der Waals surface area contributed by atoms with Gasteiger partial charge in [-0.2, -0.15) is 0 Å². The number of carbonyl (C=O) groups is 1. The van der Waals surface area contributed by atoms with E-state index in [0.29, 0.717) is 6.61 Å². The Morgan fingerprint density at radius 1 is 1.43 bits per heavy atom. The fourth-order valence-corrected chi connectivity index (χ4v) is 3.00. The van der Waals surface area contributed by atoms with Crippen LogP contribution in [0.5, 0.6) is 5.75 Å². The Hall–Kier alpha value is -1.50. The molecule has 2 aliphatic heterocycles. The Morgan fingerprint density at radius 2 is 2.29 bits per heavy atom. The van der Waals surface area contributed by atoms with Crippen LogP contribution in [0.3, 0.4) is 0 Å². The number of urea groups is 1. The van der Waals surface area contributed by atoms with E-state index in [1.165, 1.54) is 0 Å². The first-order chi connectivity index (χ1) is 10.1. The van der Waals surface area contributed by atoms with Crippen LogP contribution in [0.25, 0.3) is 0 Å². The van der Waals surface area contributed by atoms with Gasteiger partial charge in [0.05, 0.1) is 12.1 Å². The van der Waals surface area contributed by atoms with Gasteiger partial charge in [0.15, 0.2) is 0 Å². The Kier molecular flexibility index (Phi) is 4.19. The van der Waals surface area contributed by atoms with Crippen LogP contribution in [-0.2, 0) is 6.42 Å². The van der Waals surface area contributed by atoms with Crippen molar-refractivity contribution >= 4 is 23.3 Å². The van der Waals surface area contributed by atoms with Crippen LogP contribution in [0, 0.1) is 0 Å². The summed E-state index contributed by atoms with van der Waals surface area (Å²) in [6.45, 7) is 2.74. The quantitative estimate of drug-likeness (QED) is 0.494. The van der Waals surface area contributed by atoms with Gasteiger partial charge >= 0.3 is 6.03 Å². The van der Waals surface area contributed by atoms with Gasteiger partial charge in [0, 0.05) is 18.2 Å². The summed E-state index contributed by atoms with van der Waals surface area (Å²) in [5, 5.41) is 11.9. The first-order valence-corrected chi connectivity index (χ1v) is 7.53. The molecule has 1 aromatic carbocycles. The third-order valence-corrected chi connectivity index (χ3v) is 3.89. The highest BCUT2D eigenvalue weighted by Gasteiger charge is 2.24. The number of halogens is 1. The molecule has 0 saturated carbocycles. The van der Waals surface area contributed by atoms with Gasteiger partial charge in [-0.1, -0.05) is 0 Å². The number of ether oxygens (including phenoxy) is 1. The number of nitrogens with one attached hydrogen (secondary N) is 4. The summed E-state index contributed by atoms with van der Waals surface area (Å²) in [4.78, 5) is 12.0. The van der Waals surface area contributed by atoms with Gasteiger partial charge in [0.1, 0.15) is 12.0 Å². The number of fused-ring (bicyclic) bond motifs is 1. The maximum Gasteiger partial charge on any atom is 0.321 e. The van der Waals surface area contributed by atoms with Crippen molar-refractivity contribution < 1.29 is 9.53 Å². The van der Waals surface area contributed by atoms with Gasteiger partial charge in [-0.25, -0.2) is 4.79 Å². The van der Waals surface area contributed by atoms with Crippen molar-refractivity contribution in [1.82, 2.24) is 16.0 Å². The molecule has 6 nitrogen and oxygen atoms in total. The van der Waals surface area contributed by atoms with Gasteiger partial charge in [-0.15, -0.1) is 11.6 Å². The highest BCUT2D eigenvalue weighted by molar-refractivity contribution is 6.20. The molecule has 2 amide bonds. The van der Waals surface area contributed by atoms with Crippen LogP contribution in [0.4, 0.5) is 10.5 Å². The zero-order valence-corrected chi connectivity index (χ0v) is 12.5. The minimum atomic E-state index is -0.339. The molecule has 4 N–H and O–H groups in total. The third kappa shape index (κ3) is 3.58. The van der Waals surface area contributed by atoms with E-state index >= 15 is 0 Å². The average molecular weight is 311 g/mol. The van der Waals surface area contributed by atoms with Crippen LogP contribution in [-0.4, -0.2) is 30.5 Å². The average Bonchev–Trinajstić information content (AvgIpc) is 2.84. The van der Waals surface area contributed by atoms with E-state index in [-0.39, 0.29) is 23.9 Å². The van der Waals surface area contributed by atoms with Gasteiger partial charge in [0.25, 0.3) is 0 Å². The molecule has 0 aromatic heterocycles. The van der Waals surface area contributed by atoms with Crippen LogP contribution in [0.1, 0.15) is 18.9 Å². The lowest BCUT2D eigenvalue weighted by Gasteiger charge is -2.33. The standard InChI is InChI=1S/C14H19ClN4O2/c1-8-6-12(15)18-13(16-8)19-14(20)17-10-2-3-11-9(7-10)4-5-21-11/h2-3,7-8,12-13,16,18H,4-6H2,1H3,(H2,17,19,20). The molecule has 7 heteroatoms. The second-order valence-electron chi connectivity index (χ2n) is 5.39. The van der Waals surface area contributed by atoms with Crippen LogP contribution >= 0.6 is 11.6 Å². The third-order valence-electron chi connectivity index (χ3n) is 3.58. The molecule has 0 bridgehead atoms. The van der Waals surface area contributed by atoms with Crippen molar-refractivity contribution in [3.63, 3.8) is 0 Å². The predicted octanol–water partition coefficient (Wildman–Crippen LogP) is 1.56. The van der Waals surface area contributed by atoms with Crippen molar-refractivity contribution in [3.8, 4) is 5.75 Å². The van der Waals surface area contributed by atoms with Crippen LogP contribution in [0.2, 0.25) is 0 Å². The summed E-state index contributed by atoms with van der Waals surface area (Å²) in [7, 11) is 0. The highest BCUT2D eigenvalue weighted by Crippen LogP contribution is 2.27. The lowest BCUT2D eigenvalue weighted by molar-refractivity contribution is 0.225. The molecule has 114 valence electrons. The Balaban J connectivity index is 1.56. The first-order valence-electron chi connectivity index (χ1n) is 7.09. The number of benzene rings is 1. The summed E-state index contributed by atoms with van der Waals surface area (Å²) in [5.74, 6) is 0.898. The van der Waals surface area contributed by atoms with Crippen LogP contribution < -0.4 is 26.0 Å². The van der Waals surface area contributed by atoms with E-state index < -0.39 is 0 Å². The van der Waals surface area contributed by atoms with E-state index in [9.17, 15) is 4.79 Å². The molecule has 1 aromatic rings.